The van der Waals surface area contributed by atoms with Crippen LogP contribution in [0.1, 0.15) is 46.6 Å². The zero-order valence-corrected chi connectivity index (χ0v) is 33.3. The normalized spacial score (nSPS) is 17.1. The summed E-state index contributed by atoms with van der Waals surface area (Å²) < 4.78 is 0. The van der Waals surface area contributed by atoms with Crippen LogP contribution in [0.4, 0.5) is 0 Å². The maximum Gasteiger partial charge on any atom is 0.328 e. The van der Waals surface area contributed by atoms with E-state index in [2.05, 4.69) is 37.2 Å². The van der Waals surface area contributed by atoms with Crippen LogP contribution in [0, 0.1) is 0 Å². The Balaban J connectivity index is 3.33. The third-order valence-corrected chi connectivity index (χ3v) is 8.51. The minimum Gasteiger partial charge on any atom is -0.508 e. The molecule has 1 rings (SSSR count). The highest BCUT2D eigenvalue weighted by Gasteiger charge is 2.38. The topological polar surface area (TPSA) is 431 Å². The quantitative estimate of drug-likeness (QED) is 0.0459. The molecule has 1 aromatic carbocycles. The fourth-order valence-corrected chi connectivity index (χ4v) is 5.12. The lowest BCUT2D eigenvalue weighted by molar-refractivity contribution is -0.145. The largest absolute Gasteiger partial charge is 0.508 e. The summed E-state index contributed by atoms with van der Waals surface area (Å²) in [6.07, 6.45) is -8.10. The van der Waals surface area contributed by atoms with Crippen molar-refractivity contribution in [2.45, 2.75) is 120 Å². The van der Waals surface area contributed by atoms with Crippen LogP contribution < -0.4 is 48.7 Å². The van der Waals surface area contributed by atoms with Gasteiger partial charge in [0.05, 0.1) is 43.5 Å². The van der Waals surface area contributed by atoms with E-state index in [0.29, 0.717) is 5.56 Å². The van der Waals surface area contributed by atoms with E-state index in [-0.39, 0.29) is 12.2 Å². The van der Waals surface area contributed by atoms with Crippen LogP contribution >= 0.6 is 0 Å². The van der Waals surface area contributed by atoms with E-state index in [4.69, 9.17) is 11.5 Å². The first-order chi connectivity index (χ1) is 27.8. The van der Waals surface area contributed by atoms with Crippen LogP contribution in [-0.4, -0.2) is 168 Å². The molecule has 18 N–H and O–H groups in total. The van der Waals surface area contributed by atoms with E-state index in [1.54, 1.807) is 0 Å². The Hall–Kier alpha value is -5.99. The SMILES string of the molecule is C[C@H](N)C(=O)N[C@@H](CO)C(=O)NC(C(=O)NC(C(=O)NC(C(=O)N[C@@H](CC(N)=O)C(=O)N[C@@H](Cc1ccc(O)cc1)C(=O)NC(C(=O)O)[C@@H](C)O)[C@@H](C)O)[C@@H](C)O)[C@@H](C)O. The van der Waals surface area contributed by atoms with Crippen molar-refractivity contribution in [3.63, 3.8) is 0 Å². The molecule has 25 nitrogen and oxygen atoms in total. The molecule has 0 aliphatic carbocycles. The lowest BCUT2D eigenvalue weighted by Gasteiger charge is -2.29. The molecule has 60 heavy (non-hydrogen) atoms. The fraction of sp³-hybridized carbons (Fsp3) is 0.571. The highest BCUT2D eigenvalue weighted by atomic mass is 16.4. The summed E-state index contributed by atoms with van der Waals surface area (Å²) in [4.78, 5) is 115. The summed E-state index contributed by atoms with van der Waals surface area (Å²) in [5.74, 6) is -11.3. The van der Waals surface area contributed by atoms with Crippen molar-refractivity contribution < 1.29 is 78.9 Å². The van der Waals surface area contributed by atoms with Gasteiger partial charge in [-0.2, -0.15) is 0 Å². The van der Waals surface area contributed by atoms with Crippen LogP contribution in [-0.2, 0) is 49.6 Å². The molecule has 4 unspecified atom stereocenters. The molecule has 0 aliphatic heterocycles. The number of aliphatic carboxylic acids is 1. The second-order valence-corrected chi connectivity index (χ2v) is 13.9. The number of hydrogen-bond acceptors (Lipinski definition) is 16. The number of carboxylic acid groups (broad SMARTS) is 1. The van der Waals surface area contributed by atoms with Gasteiger partial charge in [-0.1, -0.05) is 12.1 Å². The van der Waals surface area contributed by atoms with Gasteiger partial charge in [0.1, 0.15) is 42.0 Å². The Morgan fingerprint density at radius 2 is 0.883 bits per heavy atom. The number of aromatic hydroxyl groups is 1. The molecular formula is C35H55N9O16. The predicted octanol–water partition coefficient (Wildman–Crippen LogP) is -7.85. The number of phenols is 1. The third-order valence-electron chi connectivity index (χ3n) is 8.51. The van der Waals surface area contributed by atoms with Gasteiger partial charge in [-0.25, -0.2) is 4.79 Å². The van der Waals surface area contributed by atoms with Gasteiger partial charge in [0, 0.05) is 6.42 Å². The highest BCUT2D eigenvalue weighted by molar-refractivity contribution is 5.99. The maximum absolute atomic E-state index is 13.6. The van der Waals surface area contributed by atoms with Crippen molar-refractivity contribution in [3.05, 3.63) is 29.8 Å². The molecule has 0 saturated carbocycles. The van der Waals surface area contributed by atoms with E-state index in [0.717, 1.165) is 27.7 Å². The molecule has 0 aliphatic rings. The monoisotopic (exact) mass is 857 g/mol. The molecule has 0 spiro atoms. The summed E-state index contributed by atoms with van der Waals surface area (Å²) in [6, 6.07) is -8.69. The van der Waals surface area contributed by atoms with Gasteiger partial charge in [-0.15, -0.1) is 0 Å². The van der Waals surface area contributed by atoms with Crippen LogP contribution in [0.15, 0.2) is 24.3 Å². The zero-order valence-electron chi connectivity index (χ0n) is 33.3. The maximum atomic E-state index is 13.6. The van der Waals surface area contributed by atoms with Gasteiger partial charge < -0.3 is 84.4 Å². The second-order valence-electron chi connectivity index (χ2n) is 13.9. The first-order valence-electron chi connectivity index (χ1n) is 18.3. The number of rotatable bonds is 24. The highest BCUT2D eigenvalue weighted by Crippen LogP contribution is 2.13. The molecule has 0 radical (unpaired) electrons. The molecule has 0 heterocycles. The fourth-order valence-electron chi connectivity index (χ4n) is 5.12. The Morgan fingerprint density at radius 1 is 0.533 bits per heavy atom. The number of hydrogen-bond donors (Lipinski definition) is 16. The van der Waals surface area contributed by atoms with Crippen molar-refractivity contribution >= 4 is 53.2 Å². The van der Waals surface area contributed by atoms with Crippen molar-refractivity contribution in [2.75, 3.05) is 6.61 Å². The van der Waals surface area contributed by atoms with Crippen molar-refractivity contribution in [3.8, 4) is 5.75 Å². The van der Waals surface area contributed by atoms with Crippen LogP contribution in [0.3, 0.4) is 0 Å². The molecule has 0 saturated heterocycles. The van der Waals surface area contributed by atoms with Gasteiger partial charge in [0.25, 0.3) is 0 Å². The van der Waals surface area contributed by atoms with Gasteiger partial charge in [-0.05, 0) is 52.3 Å². The predicted molar refractivity (Wildman–Crippen MR) is 204 cm³/mol. The Bertz CT molecular complexity index is 1690. The van der Waals surface area contributed by atoms with Crippen LogP contribution in [0.25, 0.3) is 0 Å². The average molecular weight is 858 g/mol. The first kappa shape index (κ1) is 52.0. The standard InChI is InChI=1S/C35H55N9O16/c1-13(36)28(52)40-22(12-45)31(55)41-25(15(3)47)33(57)43-26(16(4)48)34(58)42-24(14(2)46)32(56)39-21(11-23(37)51)29(53)38-20(10-18-6-8-19(50)9-7-18)30(54)44-27(17(5)49)35(59)60/h6-9,13-17,20-22,24-27,45-50H,10-12,36H2,1-5H3,(H2,37,51)(H,38,53)(H,39,56)(H,40,52)(H,41,55)(H,42,58)(H,43,57)(H,44,54)(H,59,60)/t13-,14+,15+,16+,17+,20-,21-,22-,24?,25?,26?,27?/m0/s1. The lowest BCUT2D eigenvalue weighted by atomic mass is 10.0. The van der Waals surface area contributed by atoms with E-state index in [9.17, 15) is 78.9 Å². The molecule has 12 atom stereocenters. The molecule has 1 aromatic rings. The third kappa shape index (κ3) is 16.7. The number of primary amides is 1. The van der Waals surface area contributed by atoms with Gasteiger partial charge >= 0.3 is 5.97 Å². The number of carbonyl (C=O) groups is 9. The molecule has 0 fully saturated rings. The summed E-state index contributed by atoms with van der Waals surface area (Å²) in [7, 11) is 0. The summed E-state index contributed by atoms with van der Waals surface area (Å²) in [5, 5.41) is 84.5. The number of benzene rings is 1. The molecule has 8 amide bonds. The zero-order chi connectivity index (χ0) is 46.2. The van der Waals surface area contributed by atoms with Gasteiger partial charge in [-0.3, -0.25) is 38.4 Å². The van der Waals surface area contributed by atoms with Crippen molar-refractivity contribution in [1.82, 2.24) is 37.2 Å². The van der Waals surface area contributed by atoms with E-state index >= 15 is 0 Å². The molecule has 336 valence electrons. The van der Waals surface area contributed by atoms with Gasteiger partial charge in [0.15, 0.2) is 6.04 Å². The minimum atomic E-state index is -2.00. The smallest absolute Gasteiger partial charge is 0.328 e. The average Bonchev–Trinajstić information content (AvgIpc) is 3.14. The molecule has 0 bridgehead atoms. The molecular weight excluding hydrogens is 802 g/mol. The number of carboxylic acids is 1. The number of amides is 8. The summed E-state index contributed by atoms with van der Waals surface area (Å²) >= 11 is 0. The number of carbonyl (C=O) groups excluding carboxylic acids is 8. The first-order valence-corrected chi connectivity index (χ1v) is 18.3. The van der Waals surface area contributed by atoms with E-state index in [1.807, 2.05) is 0 Å². The summed E-state index contributed by atoms with van der Waals surface area (Å²) in [6.45, 7) is 4.53. The van der Waals surface area contributed by atoms with E-state index < -0.39 is 139 Å². The van der Waals surface area contributed by atoms with Crippen LogP contribution in [0.5, 0.6) is 5.75 Å². The minimum absolute atomic E-state index is 0.152. The molecule has 25 heteroatoms. The Morgan fingerprint density at radius 3 is 1.27 bits per heavy atom. The Kier molecular flexibility index (Phi) is 21.0. The molecule has 0 aromatic heterocycles. The van der Waals surface area contributed by atoms with Crippen molar-refractivity contribution in [1.29, 1.82) is 0 Å². The summed E-state index contributed by atoms with van der Waals surface area (Å²) in [5.41, 5.74) is 11.1. The number of phenolic OH excluding ortho intramolecular Hbond substituents is 1. The van der Waals surface area contributed by atoms with E-state index in [1.165, 1.54) is 31.2 Å². The number of aliphatic hydroxyl groups is 5. The van der Waals surface area contributed by atoms with Crippen molar-refractivity contribution in [2.24, 2.45) is 11.5 Å². The number of aliphatic hydroxyl groups excluding tert-OH is 5. The lowest BCUT2D eigenvalue weighted by Crippen LogP contribution is -2.64. The van der Waals surface area contributed by atoms with Gasteiger partial charge in [0.2, 0.25) is 47.3 Å². The van der Waals surface area contributed by atoms with Crippen LogP contribution in [0.2, 0.25) is 0 Å². The number of nitrogens with two attached hydrogens (primary N) is 2. The second kappa shape index (κ2) is 24.2. The number of nitrogens with one attached hydrogen (secondary N) is 7. The Labute approximate surface area is 343 Å².